The molecule has 32 heavy (non-hydrogen) atoms. The Hall–Kier alpha value is -2.35. The lowest BCUT2D eigenvalue weighted by molar-refractivity contribution is -0.113. The van der Waals surface area contributed by atoms with E-state index in [1.165, 1.54) is 36.6 Å². The average Bonchev–Trinajstić information content (AvgIpc) is 3.17. The molecule has 3 aromatic rings. The molecule has 0 aliphatic carbocycles. The van der Waals surface area contributed by atoms with Gasteiger partial charge in [0.25, 0.3) is 0 Å². The molecule has 2 heterocycles. The normalized spacial score (nSPS) is 14.4. The molecule has 168 valence electrons. The largest absolute Gasteiger partial charge is 0.325 e. The highest BCUT2D eigenvalue weighted by Crippen LogP contribution is 2.23. The van der Waals surface area contributed by atoms with E-state index in [0.717, 1.165) is 36.2 Å². The van der Waals surface area contributed by atoms with Crippen LogP contribution >= 0.6 is 23.4 Å². The van der Waals surface area contributed by atoms with Gasteiger partial charge in [-0.3, -0.25) is 9.69 Å². The summed E-state index contributed by atoms with van der Waals surface area (Å²) in [7, 11) is 0. The lowest BCUT2D eigenvalue weighted by Gasteiger charge is -2.26. The molecule has 1 aliphatic rings. The number of carbonyl (C=O) groups excluding carboxylic acids is 1. The van der Waals surface area contributed by atoms with Crippen LogP contribution in [0.25, 0.3) is 0 Å². The number of likely N-dealkylation sites (tertiary alicyclic amines) is 1. The summed E-state index contributed by atoms with van der Waals surface area (Å²) in [6, 6.07) is 15.8. The van der Waals surface area contributed by atoms with Gasteiger partial charge in [0, 0.05) is 10.7 Å². The molecule has 0 spiro atoms. The van der Waals surface area contributed by atoms with Crippen molar-refractivity contribution in [1.82, 2.24) is 19.7 Å². The molecular formula is C24H28ClN5OS. The zero-order chi connectivity index (χ0) is 22.3. The molecule has 8 heteroatoms. The Balaban J connectivity index is 1.45. The highest BCUT2D eigenvalue weighted by molar-refractivity contribution is 7.99. The van der Waals surface area contributed by atoms with Crippen molar-refractivity contribution in [3.05, 3.63) is 70.5 Å². The second-order valence-corrected chi connectivity index (χ2v) is 9.46. The van der Waals surface area contributed by atoms with Crippen LogP contribution in [0.2, 0.25) is 5.02 Å². The molecule has 4 rings (SSSR count). The fourth-order valence-corrected chi connectivity index (χ4v) is 4.72. The summed E-state index contributed by atoms with van der Waals surface area (Å²) in [5, 5.41) is 13.2. The molecular weight excluding hydrogens is 442 g/mol. The molecule has 1 aromatic heterocycles. The molecule has 0 bridgehead atoms. The van der Waals surface area contributed by atoms with E-state index in [9.17, 15) is 4.79 Å². The van der Waals surface area contributed by atoms with Crippen molar-refractivity contribution in [1.29, 1.82) is 0 Å². The number of nitrogens with zero attached hydrogens (tertiary/aromatic N) is 4. The highest BCUT2D eigenvalue weighted by atomic mass is 35.5. The van der Waals surface area contributed by atoms with E-state index in [4.69, 9.17) is 11.6 Å². The second kappa shape index (κ2) is 11.0. The minimum atomic E-state index is -0.0956. The van der Waals surface area contributed by atoms with Gasteiger partial charge < -0.3 is 9.88 Å². The maximum Gasteiger partial charge on any atom is 0.234 e. The van der Waals surface area contributed by atoms with Crippen LogP contribution in [0, 0.1) is 6.92 Å². The van der Waals surface area contributed by atoms with Crippen molar-refractivity contribution in [2.45, 2.75) is 44.4 Å². The number of aryl methyl sites for hydroxylation is 1. The number of nitrogens with one attached hydrogen (secondary N) is 1. The molecule has 0 radical (unpaired) electrons. The van der Waals surface area contributed by atoms with Gasteiger partial charge >= 0.3 is 0 Å². The van der Waals surface area contributed by atoms with Crippen LogP contribution < -0.4 is 5.32 Å². The number of thioether (sulfide) groups is 1. The Morgan fingerprint density at radius 2 is 1.84 bits per heavy atom. The smallest absolute Gasteiger partial charge is 0.234 e. The number of anilines is 1. The van der Waals surface area contributed by atoms with Crippen molar-refractivity contribution < 1.29 is 4.79 Å². The van der Waals surface area contributed by atoms with E-state index >= 15 is 0 Å². The van der Waals surface area contributed by atoms with E-state index < -0.39 is 0 Å². The number of piperidine rings is 1. The maximum atomic E-state index is 12.5. The average molecular weight is 470 g/mol. The number of hydrogen-bond donors (Lipinski definition) is 1. The summed E-state index contributed by atoms with van der Waals surface area (Å²) in [6.45, 7) is 5.61. The summed E-state index contributed by atoms with van der Waals surface area (Å²) >= 11 is 7.58. The molecule has 0 saturated carbocycles. The third-order valence-electron chi connectivity index (χ3n) is 5.58. The van der Waals surface area contributed by atoms with Gasteiger partial charge in [-0.1, -0.05) is 66.2 Å². The van der Waals surface area contributed by atoms with Crippen LogP contribution in [0.3, 0.4) is 0 Å². The number of hydrogen-bond acceptors (Lipinski definition) is 5. The summed E-state index contributed by atoms with van der Waals surface area (Å²) in [5.41, 5.74) is 2.87. The lowest BCUT2D eigenvalue weighted by Crippen LogP contribution is -2.30. The molecule has 1 aliphatic heterocycles. The number of aromatic nitrogens is 3. The molecule has 1 N–H and O–H groups in total. The fraction of sp³-hybridized carbons (Fsp3) is 0.375. The SMILES string of the molecule is Cc1ccc(NC(=O)CSc2nnc(CN3CCCCC3)n2Cc2ccccc2)cc1Cl. The van der Waals surface area contributed by atoms with Crippen molar-refractivity contribution in [3.63, 3.8) is 0 Å². The Bertz CT molecular complexity index is 1050. The maximum absolute atomic E-state index is 12.5. The number of carbonyl (C=O) groups is 1. The van der Waals surface area contributed by atoms with Crippen molar-refractivity contribution in [2.75, 3.05) is 24.2 Å². The summed E-state index contributed by atoms with van der Waals surface area (Å²) in [4.78, 5) is 15.0. The van der Waals surface area contributed by atoms with Crippen LogP contribution in [-0.2, 0) is 17.9 Å². The van der Waals surface area contributed by atoms with Crippen LogP contribution in [0.5, 0.6) is 0 Å². The van der Waals surface area contributed by atoms with Gasteiger partial charge in [0.15, 0.2) is 5.16 Å². The monoisotopic (exact) mass is 469 g/mol. The Morgan fingerprint density at radius 3 is 2.59 bits per heavy atom. The standard InChI is InChI=1S/C24H28ClN5OS/c1-18-10-11-20(14-21(18)25)26-23(31)17-32-24-28-27-22(16-29-12-6-3-7-13-29)30(24)15-19-8-4-2-5-9-19/h2,4-5,8-11,14H,3,6-7,12-13,15-17H2,1H3,(H,26,31). The minimum absolute atomic E-state index is 0.0956. The van der Waals surface area contributed by atoms with Crippen LogP contribution in [0.15, 0.2) is 53.7 Å². The molecule has 1 saturated heterocycles. The van der Waals surface area contributed by atoms with E-state index in [2.05, 4.69) is 37.1 Å². The molecule has 1 amide bonds. The topological polar surface area (TPSA) is 63.1 Å². The van der Waals surface area contributed by atoms with Gasteiger partial charge in [0.1, 0.15) is 5.82 Å². The van der Waals surface area contributed by atoms with Crippen molar-refractivity contribution in [2.24, 2.45) is 0 Å². The van der Waals surface area contributed by atoms with Crippen molar-refractivity contribution >= 4 is 35.0 Å². The Morgan fingerprint density at radius 1 is 1.06 bits per heavy atom. The zero-order valence-electron chi connectivity index (χ0n) is 18.3. The first kappa shape index (κ1) is 22.8. The number of rotatable bonds is 8. The van der Waals surface area contributed by atoms with Gasteiger partial charge in [0.05, 0.1) is 18.8 Å². The summed E-state index contributed by atoms with van der Waals surface area (Å²) < 4.78 is 2.14. The van der Waals surface area contributed by atoms with Gasteiger partial charge in [-0.15, -0.1) is 10.2 Å². The molecule has 1 fully saturated rings. The zero-order valence-corrected chi connectivity index (χ0v) is 19.8. The number of halogens is 1. The van der Waals surface area contributed by atoms with Crippen LogP contribution in [0.1, 0.15) is 36.2 Å². The predicted octanol–water partition coefficient (Wildman–Crippen LogP) is 5.00. The van der Waals surface area contributed by atoms with Gasteiger partial charge in [0.2, 0.25) is 5.91 Å². The number of benzene rings is 2. The number of amides is 1. The first-order chi connectivity index (χ1) is 15.6. The van der Waals surface area contributed by atoms with E-state index in [1.54, 1.807) is 6.07 Å². The van der Waals surface area contributed by atoms with Gasteiger partial charge in [-0.25, -0.2) is 0 Å². The molecule has 2 aromatic carbocycles. The van der Waals surface area contributed by atoms with Crippen molar-refractivity contribution in [3.8, 4) is 0 Å². The van der Waals surface area contributed by atoms with Crippen LogP contribution in [-0.4, -0.2) is 44.4 Å². The third-order valence-corrected chi connectivity index (χ3v) is 6.95. The van der Waals surface area contributed by atoms with E-state index in [1.807, 2.05) is 37.3 Å². The first-order valence-corrected chi connectivity index (χ1v) is 12.3. The lowest BCUT2D eigenvalue weighted by atomic mass is 10.1. The van der Waals surface area contributed by atoms with E-state index in [0.29, 0.717) is 17.3 Å². The highest BCUT2D eigenvalue weighted by Gasteiger charge is 2.18. The summed E-state index contributed by atoms with van der Waals surface area (Å²) in [5.74, 6) is 1.10. The second-order valence-electron chi connectivity index (χ2n) is 8.11. The predicted molar refractivity (Wildman–Crippen MR) is 130 cm³/mol. The Kier molecular flexibility index (Phi) is 7.84. The van der Waals surface area contributed by atoms with E-state index in [-0.39, 0.29) is 11.7 Å². The quantitative estimate of drug-likeness (QED) is 0.470. The molecule has 6 nitrogen and oxygen atoms in total. The first-order valence-electron chi connectivity index (χ1n) is 11.0. The Labute approximate surface area is 198 Å². The van der Waals surface area contributed by atoms with Gasteiger partial charge in [-0.2, -0.15) is 0 Å². The molecule has 0 unspecified atom stereocenters. The molecule has 0 atom stereocenters. The fourth-order valence-electron chi connectivity index (χ4n) is 3.78. The minimum Gasteiger partial charge on any atom is -0.325 e. The summed E-state index contributed by atoms with van der Waals surface area (Å²) in [6.07, 6.45) is 3.77. The van der Waals surface area contributed by atoms with Crippen LogP contribution in [0.4, 0.5) is 5.69 Å². The third kappa shape index (κ3) is 6.12. The van der Waals surface area contributed by atoms with Gasteiger partial charge in [-0.05, 0) is 56.1 Å².